The van der Waals surface area contributed by atoms with Crippen molar-refractivity contribution < 1.29 is 0 Å². The molecular formula is C12H21Br. The summed E-state index contributed by atoms with van der Waals surface area (Å²) in [4.78, 5) is 1.88. The molecule has 0 spiro atoms. The molecule has 0 N–H and O–H groups in total. The average molecular weight is 245 g/mol. The molecule has 0 amide bonds. The Balaban J connectivity index is 2.99. The van der Waals surface area contributed by atoms with E-state index in [1.165, 1.54) is 44.9 Å². The van der Waals surface area contributed by atoms with E-state index in [1.54, 1.807) is 0 Å². The minimum absolute atomic E-state index is 1.23. The Morgan fingerprint density at radius 1 is 0.923 bits per heavy atom. The fraction of sp³-hybridized carbons (Fsp3) is 0.667. The van der Waals surface area contributed by atoms with E-state index in [2.05, 4.69) is 35.0 Å². The van der Waals surface area contributed by atoms with Gasteiger partial charge in [-0.2, -0.15) is 0 Å². The van der Waals surface area contributed by atoms with Crippen molar-refractivity contribution in [1.29, 1.82) is 0 Å². The molecule has 0 nitrogen and oxygen atoms in total. The Kier molecular flexibility index (Phi) is 11.9. The largest absolute Gasteiger partial charge is 0.0845 e. The zero-order chi connectivity index (χ0) is 9.78. The van der Waals surface area contributed by atoms with Crippen LogP contribution in [0.5, 0.6) is 0 Å². The summed E-state index contributed by atoms with van der Waals surface area (Å²) in [6, 6.07) is 0. The van der Waals surface area contributed by atoms with E-state index in [9.17, 15) is 0 Å². The molecule has 0 radical (unpaired) electrons. The summed E-state index contributed by atoms with van der Waals surface area (Å²) < 4.78 is 0. The monoisotopic (exact) mass is 244 g/mol. The summed E-state index contributed by atoms with van der Waals surface area (Å²) in [6.07, 6.45) is 15.9. The highest BCUT2D eigenvalue weighted by atomic mass is 79.9. The third kappa shape index (κ3) is 12.0. The van der Waals surface area contributed by atoms with Crippen LogP contribution in [-0.2, 0) is 0 Å². The molecule has 0 aromatic heterocycles. The van der Waals surface area contributed by atoms with Crippen LogP contribution in [0.25, 0.3) is 0 Å². The summed E-state index contributed by atoms with van der Waals surface area (Å²) in [6.45, 7) is 2.26. The first-order valence-electron chi connectivity index (χ1n) is 5.33. The molecule has 1 heteroatoms. The van der Waals surface area contributed by atoms with Gasteiger partial charge >= 0.3 is 0 Å². The summed E-state index contributed by atoms with van der Waals surface area (Å²) in [5.74, 6) is 0. The maximum atomic E-state index is 3.23. The molecule has 0 aliphatic rings. The molecule has 0 unspecified atom stereocenters. The highest BCUT2D eigenvalue weighted by Crippen LogP contribution is 2.07. The van der Waals surface area contributed by atoms with E-state index in [1.807, 2.05) is 11.1 Å². The van der Waals surface area contributed by atoms with Gasteiger partial charge in [-0.25, -0.2) is 0 Å². The van der Waals surface area contributed by atoms with Crippen LogP contribution in [0.2, 0.25) is 0 Å². The van der Waals surface area contributed by atoms with Crippen molar-refractivity contribution in [3.63, 3.8) is 0 Å². The van der Waals surface area contributed by atoms with Crippen LogP contribution in [0, 0.1) is 0 Å². The highest BCUT2D eigenvalue weighted by molar-refractivity contribution is 9.11. The minimum Gasteiger partial charge on any atom is -0.0845 e. The van der Waals surface area contributed by atoms with Crippen molar-refractivity contribution in [2.75, 3.05) is 0 Å². The lowest BCUT2D eigenvalue weighted by Crippen LogP contribution is -1.77. The Labute approximate surface area is 91.2 Å². The maximum Gasteiger partial charge on any atom is -0.0189 e. The highest BCUT2D eigenvalue weighted by Gasteiger charge is 1.87. The smallest absolute Gasteiger partial charge is 0.0189 e. The van der Waals surface area contributed by atoms with Gasteiger partial charge in [0.25, 0.3) is 0 Å². The van der Waals surface area contributed by atoms with Gasteiger partial charge in [0.15, 0.2) is 0 Å². The van der Waals surface area contributed by atoms with Crippen molar-refractivity contribution in [3.05, 3.63) is 23.2 Å². The summed E-state index contributed by atoms with van der Waals surface area (Å²) in [5, 5.41) is 0. The Bertz CT molecular complexity index is 136. The van der Waals surface area contributed by atoms with E-state index >= 15 is 0 Å². The molecule has 0 heterocycles. The second-order valence-corrected chi connectivity index (χ2v) is 3.83. The second kappa shape index (κ2) is 12.0. The third-order valence-electron chi connectivity index (χ3n) is 2.04. The van der Waals surface area contributed by atoms with Crippen LogP contribution in [0.1, 0.15) is 51.9 Å². The Morgan fingerprint density at radius 3 is 2.31 bits per heavy atom. The molecule has 0 bridgehead atoms. The van der Waals surface area contributed by atoms with Gasteiger partial charge in [-0.3, -0.25) is 0 Å². The second-order valence-electron chi connectivity index (χ2n) is 3.30. The predicted octanol–water partition coefficient (Wildman–Crippen LogP) is 5.20. The van der Waals surface area contributed by atoms with E-state index in [4.69, 9.17) is 0 Å². The number of allylic oxidation sites excluding steroid dienone is 3. The summed E-state index contributed by atoms with van der Waals surface area (Å²) >= 11 is 3.23. The third-order valence-corrected chi connectivity index (χ3v) is 2.35. The number of hydrogen-bond acceptors (Lipinski definition) is 0. The van der Waals surface area contributed by atoms with Gasteiger partial charge in [-0.1, -0.05) is 73.2 Å². The van der Waals surface area contributed by atoms with Gasteiger partial charge < -0.3 is 0 Å². The molecule has 76 valence electrons. The van der Waals surface area contributed by atoms with E-state index in [0.717, 1.165) is 0 Å². The molecule has 0 aliphatic heterocycles. The van der Waals surface area contributed by atoms with Gasteiger partial charge in [0.05, 0.1) is 0 Å². The van der Waals surface area contributed by atoms with Crippen molar-refractivity contribution in [1.82, 2.24) is 0 Å². The first kappa shape index (κ1) is 13.0. The average Bonchev–Trinajstić information content (AvgIpc) is 2.16. The Morgan fingerprint density at radius 2 is 1.62 bits per heavy atom. The summed E-state index contributed by atoms with van der Waals surface area (Å²) in [7, 11) is 0. The molecular weight excluding hydrogens is 224 g/mol. The van der Waals surface area contributed by atoms with E-state index < -0.39 is 0 Å². The lowest BCUT2D eigenvalue weighted by atomic mass is 10.1. The van der Waals surface area contributed by atoms with E-state index in [-0.39, 0.29) is 0 Å². The number of unbranched alkanes of at least 4 members (excludes halogenated alkanes) is 6. The molecule has 0 aromatic rings. The van der Waals surface area contributed by atoms with Crippen LogP contribution in [0.15, 0.2) is 23.2 Å². The standard InChI is InChI=1S/C12H21Br/c1-2-3-4-5-6-7-8-9-10-11-12-13/h9-12H,2-8H2,1H3/b10-9+,12-11+. The van der Waals surface area contributed by atoms with Gasteiger partial charge in [-0.15, -0.1) is 0 Å². The lowest BCUT2D eigenvalue weighted by molar-refractivity contribution is 0.611. The number of hydrogen-bond donors (Lipinski definition) is 0. The fourth-order valence-corrected chi connectivity index (χ4v) is 1.44. The van der Waals surface area contributed by atoms with Crippen LogP contribution in [0.4, 0.5) is 0 Å². The molecule has 0 aliphatic carbocycles. The normalized spacial score (nSPS) is 11.8. The molecule has 0 saturated heterocycles. The quantitative estimate of drug-likeness (QED) is 0.407. The SMILES string of the molecule is CCCCCCCC/C=C/C=C/Br. The first-order valence-corrected chi connectivity index (χ1v) is 6.25. The Hall–Kier alpha value is -0.0400. The topological polar surface area (TPSA) is 0 Å². The van der Waals surface area contributed by atoms with Gasteiger partial charge in [0.2, 0.25) is 0 Å². The van der Waals surface area contributed by atoms with Crippen molar-refractivity contribution in [2.45, 2.75) is 51.9 Å². The van der Waals surface area contributed by atoms with E-state index in [0.29, 0.717) is 0 Å². The number of rotatable bonds is 8. The van der Waals surface area contributed by atoms with Gasteiger partial charge in [-0.05, 0) is 17.8 Å². The molecule has 0 aromatic carbocycles. The van der Waals surface area contributed by atoms with Crippen molar-refractivity contribution in [3.8, 4) is 0 Å². The number of halogens is 1. The minimum atomic E-state index is 1.23. The van der Waals surface area contributed by atoms with Crippen molar-refractivity contribution >= 4 is 15.9 Å². The lowest BCUT2D eigenvalue weighted by Gasteiger charge is -1.96. The molecule has 0 fully saturated rings. The van der Waals surface area contributed by atoms with Gasteiger partial charge in [0.1, 0.15) is 0 Å². The van der Waals surface area contributed by atoms with Crippen LogP contribution in [-0.4, -0.2) is 0 Å². The zero-order valence-corrected chi connectivity index (χ0v) is 10.2. The van der Waals surface area contributed by atoms with Crippen molar-refractivity contribution in [2.24, 2.45) is 0 Å². The van der Waals surface area contributed by atoms with Crippen LogP contribution >= 0.6 is 15.9 Å². The van der Waals surface area contributed by atoms with Crippen LogP contribution in [0.3, 0.4) is 0 Å². The molecule has 0 rings (SSSR count). The zero-order valence-electron chi connectivity index (χ0n) is 8.64. The fourth-order valence-electron chi connectivity index (χ4n) is 1.26. The molecule has 13 heavy (non-hydrogen) atoms. The first-order chi connectivity index (χ1) is 6.41. The van der Waals surface area contributed by atoms with Crippen LogP contribution < -0.4 is 0 Å². The predicted molar refractivity (Wildman–Crippen MR) is 65.2 cm³/mol. The van der Waals surface area contributed by atoms with Gasteiger partial charge in [0, 0.05) is 0 Å². The molecule has 0 saturated carbocycles. The summed E-state index contributed by atoms with van der Waals surface area (Å²) in [5.41, 5.74) is 0. The maximum absolute atomic E-state index is 3.23. The molecule has 0 atom stereocenters.